The van der Waals surface area contributed by atoms with Gasteiger partial charge in [-0.2, -0.15) is 4.98 Å². The van der Waals surface area contributed by atoms with Crippen LogP contribution in [0.15, 0.2) is 39.9 Å². The Balaban J connectivity index is 1.61. The monoisotopic (exact) mass is 437 g/mol. The van der Waals surface area contributed by atoms with Crippen LogP contribution in [0.5, 0.6) is 0 Å². The van der Waals surface area contributed by atoms with Crippen LogP contribution >= 0.6 is 11.8 Å². The fraction of sp³-hybridized carbons (Fsp3) is 0.333. The third-order valence-electron chi connectivity index (χ3n) is 4.94. The summed E-state index contributed by atoms with van der Waals surface area (Å²) < 4.78 is 7.62. The fourth-order valence-corrected chi connectivity index (χ4v) is 3.86. The first kappa shape index (κ1) is 21.0. The average Bonchev–Trinajstić information content (AvgIpc) is 3.35. The zero-order chi connectivity index (χ0) is 21.8. The Morgan fingerprint density at radius 1 is 1.19 bits per heavy atom. The van der Waals surface area contributed by atoms with Crippen molar-refractivity contribution in [3.05, 3.63) is 53.0 Å². The van der Waals surface area contributed by atoms with Crippen LogP contribution in [0.2, 0.25) is 0 Å². The summed E-state index contributed by atoms with van der Waals surface area (Å²) in [5, 5.41) is 16.0. The molecule has 0 saturated heterocycles. The Kier molecular flexibility index (Phi) is 6.26. The summed E-state index contributed by atoms with van der Waals surface area (Å²) in [6.45, 7) is 6.70. The summed E-state index contributed by atoms with van der Waals surface area (Å²) in [7, 11) is 0. The molecule has 3 heterocycles. The second kappa shape index (κ2) is 9.25. The molecule has 0 aliphatic rings. The van der Waals surface area contributed by atoms with Gasteiger partial charge in [0.2, 0.25) is 5.71 Å². The Morgan fingerprint density at radius 3 is 2.77 bits per heavy atom. The first-order valence-electron chi connectivity index (χ1n) is 10.1. The van der Waals surface area contributed by atoms with Gasteiger partial charge in [-0.25, -0.2) is 9.67 Å². The van der Waals surface area contributed by atoms with Crippen LogP contribution in [0.25, 0.3) is 11.1 Å². The molecule has 0 bridgehead atoms. The Morgan fingerprint density at radius 2 is 2.00 bits per heavy atom. The predicted octanol–water partition coefficient (Wildman–Crippen LogP) is 4.17. The van der Waals surface area contributed by atoms with Crippen molar-refractivity contribution in [1.82, 2.24) is 30.2 Å². The molecule has 4 rings (SSSR count). The number of carbonyl (C=O) groups excluding carboxylic acids is 1. The zero-order valence-electron chi connectivity index (χ0n) is 17.6. The topological polar surface area (TPSA) is 112 Å². The summed E-state index contributed by atoms with van der Waals surface area (Å²) >= 11 is 1.40. The normalized spacial score (nSPS) is 11.2. The molecular formula is C21H23N7O2S. The van der Waals surface area contributed by atoms with Crippen molar-refractivity contribution in [1.29, 1.82) is 0 Å². The van der Waals surface area contributed by atoms with Crippen molar-refractivity contribution in [3.63, 3.8) is 0 Å². The molecule has 1 amide bonds. The van der Waals surface area contributed by atoms with Gasteiger partial charge in [0.15, 0.2) is 11.0 Å². The predicted molar refractivity (Wildman–Crippen MR) is 118 cm³/mol. The van der Waals surface area contributed by atoms with Gasteiger partial charge in [0.05, 0.1) is 11.1 Å². The SMILES string of the molecule is CCCCn1nnnc1CSc1nc(NC(=O)c2ccccc2)c2c(C)c(C)oc2n1. The number of aromatic nitrogens is 6. The van der Waals surface area contributed by atoms with Crippen molar-refractivity contribution in [2.24, 2.45) is 0 Å². The fourth-order valence-electron chi connectivity index (χ4n) is 3.09. The molecule has 0 spiro atoms. The Labute approximate surface area is 183 Å². The summed E-state index contributed by atoms with van der Waals surface area (Å²) in [4.78, 5) is 21.9. The van der Waals surface area contributed by atoms with Gasteiger partial charge in [0.1, 0.15) is 11.6 Å². The van der Waals surface area contributed by atoms with Gasteiger partial charge in [0, 0.05) is 17.7 Å². The number of hydrogen-bond donors (Lipinski definition) is 1. The number of thioether (sulfide) groups is 1. The number of hydrogen-bond acceptors (Lipinski definition) is 8. The highest BCUT2D eigenvalue weighted by Crippen LogP contribution is 2.32. The van der Waals surface area contributed by atoms with Gasteiger partial charge in [-0.1, -0.05) is 43.3 Å². The van der Waals surface area contributed by atoms with Crippen molar-refractivity contribution in [2.45, 2.75) is 51.1 Å². The highest BCUT2D eigenvalue weighted by Gasteiger charge is 2.19. The molecule has 0 atom stereocenters. The number of nitrogens with zero attached hydrogens (tertiary/aromatic N) is 6. The minimum absolute atomic E-state index is 0.238. The zero-order valence-corrected chi connectivity index (χ0v) is 18.4. The van der Waals surface area contributed by atoms with Gasteiger partial charge in [-0.15, -0.1) is 5.10 Å². The third kappa shape index (κ3) is 4.58. The molecule has 9 nitrogen and oxygen atoms in total. The summed E-state index contributed by atoms with van der Waals surface area (Å²) in [5.74, 6) is 2.20. The van der Waals surface area contributed by atoms with E-state index >= 15 is 0 Å². The average molecular weight is 438 g/mol. The molecule has 1 aromatic carbocycles. The number of fused-ring (bicyclic) bond motifs is 1. The van der Waals surface area contributed by atoms with Gasteiger partial charge in [-0.05, 0) is 42.8 Å². The van der Waals surface area contributed by atoms with E-state index in [9.17, 15) is 4.79 Å². The van der Waals surface area contributed by atoms with E-state index in [4.69, 9.17) is 4.42 Å². The van der Waals surface area contributed by atoms with Crippen LogP contribution in [0.3, 0.4) is 0 Å². The van der Waals surface area contributed by atoms with Crippen LogP contribution in [-0.2, 0) is 12.3 Å². The van der Waals surface area contributed by atoms with Crippen LogP contribution in [0, 0.1) is 13.8 Å². The number of aryl methyl sites for hydroxylation is 3. The van der Waals surface area contributed by atoms with Crippen molar-refractivity contribution in [2.75, 3.05) is 5.32 Å². The number of rotatable bonds is 8. The minimum atomic E-state index is -0.238. The number of unbranched alkanes of at least 4 members (excludes halogenated alkanes) is 1. The Bertz CT molecular complexity index is 1200. The molecular weight excluding hydrogens is 414 g/mol. The highest BCUT2D eigenvalue weighted by atomic mass is 32.2. The Hall–Kier alpha value is -3.27. The van der Waals surface area contributed by atoms with E-state index in [1.54, 1.807) is 16.8 Å². The second-order valence-corrected chi connectivity index (χ2v) is 8.04. The summed E-state index contributed by atoms with van der Waals surface area (Å²) in [6.07, 6.45) is 2.07. The lowest BCUT2D eigenvalue weighted by Crippen LogP contribution is -2.14. The molecule has 10 heteroatoms. The molecule has 0 aliphatic carbocycles. The van der Waals surface area contributed by atoms with Crippen LogP contribution in [0.4, 0.5) is 5.82 Å². The number of nitrogens with one attached hydrogen (secondary N) is 1. The molecule has 0 unspecified atom stereocenters. The molecule has 1 N–H and O–H groups in total. The van der Waals surface area contributed by atoms with Crippen molar-refractivity contribution < 1.29 is 9.21 Å². The third-order valence-corrected chi connectivity index (χ3v) is 5.78. The summed E-state index contributed by atoms with van der Waals surface area (Å²) in [5.41, 5.74) is 1.90. The smallest absolute Gasteiger partial charge is 0.256 e. The first-order chi connectivity index (χ1) is 15.1. The lowest BCUT2D eigenvalue weighted by molar-refractivity contribution is 0.102. The maximum atomic E-state index is 12.7. The van der Waals surface area contributed by atoms with Crippen molar-refractivity contribution in [3.8, 4) is 0 Å². The van der Waals surface area contributed by atoms with E-state index < -0.39 is 0 Å². The quantitative estimate of drug-likeness (QED) is 0.323. The maximum absolute atomic E-state index is 12.7. The van der Waals surface area contributed by atoms with Crippen LogP contribution < -0.4 is 5.32 Å². The van der Waals surface area contributed by atoms with Gasteiger partial charge >= 0.3 is 0 Å². The van der Waals surface area contributed by atoms with Gasteiger partial charge < -0.3 is 9.73 Å². The number of tetrazole rings is 1. The molecule has 3 aromatic heterocycles. The van der Waals surface area contributed by atoms with Gasteiger partial charge in [0.25, 0.3) is 5.91 Å². The molecule has 4 aromatic rings. The van der Waals surface area contributed by atoms with E-state index in [1.807, 2.05) is 32.0 Å². The number of benzene rings is 1. The highest BCUT2D eigenvalue weighted by molar-refractivity contribution is 7.98. The molecule has 0 saturated carbocycles. The maximum Gasteiger partial charge on any atom is 0.256 e. The van der Waals surface area contributed by atoms with Gasteiger partial charge in [-0.3, -0.25) is 4.79 Å². The number of carbonyl (C=O) groups is 1. The number of furan rings is 1. The standard InChI is InChI=1S/C21H23N7O2S/c1-4-5-11-28-16(25-26-27-28)12-31-21-23-18(17-13(2)14(3)30-20(17)24-21)22-19(29)15-9-7-6-8-10-15/h6-10H,4-5,11-12H2,1-3H3,(H,22,23,24,29). The van der Waals surface area contributed by atoms with E-state index in [0.29, 0.717) is 33.4 Å². The number of anilines is 1. The minimum Gasteiger partial charge on any atom is -0.443 e. The van der Waals surface area contributed by atoms with E-state index in [0.717, 1.165) is 36.5 Å². The molecule has 160 valence electrons. The van der Waals surface area contributed by atoms with E-state index in [1.165, 1.54) is 11.8 Å². The van der Waals surface area contributed by atoms with Crippen LogP contribution in [0.1, 0.15) is 47.3 Å². The summed E-state index contributed by atoms with van der Waals surface area (Å²) in [6, 6.07) is 9.02. The molecule has 31 heavy (non-hydrogen) atoms. The first-order valence-corrected chi connectivity index (χ1v) is 11.1. The molecule has 0 radical (unpaired) electrons. The molecule has 0 aliphatic heterocycles. The lowest BCUT2D eigenvalue weighted by atomic mass is 10.2. The number of amides is 1. The van der Waals surface area contributed by atoms with Crippen LogP contribution in [-0.4, -0.2) is 36.1 Å². The second-order valence-electron chi connectivity index (χ2n) is 7.10. The van der Waals surface area contributed by atoms with Crippen molar-refractivity contribution >= 4 is 34.6 Å². The van der Waals surface area contributed by atoms with E-state index in [2.05, 4.69) is 37.7 Å². The largest absolute Gasteiger partial charge is 0.443 e. The molecule has 0 fully saturated rings. The lowest BCUT2D eigenvalue weighted by Gasteiger charge is -2.08. The van der Waals surface area contributed by atoms with E-state index in [-0.39, 0.29) is 5.91 Å².